The third-order valence-electron chi connectivity index (χ3n) is 7.98. The molecule has 1 spiro atoms. The Morgan fingerprint density at radius 2 is 2.18 bits per heavy atom. The van der Waals surface area contributed by atoms with Crippen LogP contribution in [0.4, 0.5) is 5.69 Å². The summed E-state index contributed by atoms with van der Waals surface area (Å²) in [5.74, 6) is 1.31. The molecule has 4 atom stereocenters. The molecule has 2 aromatic rings. The van der Waals surface area contributed by atoms with Gasteiger partial charge in [0.1, 0.15) is 5.69 Å². The van der Waals surface area contributed by atoms with Crippen molar-refractivity contribution in [2.75, 3.05) is 37.7 Å². The normalized spacial score (nSPS) is 40.1. The average molecular weight is 397 g/mol. The van der Waals surface area contributed by atoms with Crippen molar-refractivity contribution in [2.45, 2.75) is 36.9 Å². The predicted octanol–water partition coefficient (Wildman–Crippen LogP) is 2.10. The number of nitrogens with zero attached hydrogens (tertiary/aromatic N) is 3. The van der Waals surface area contributed by atoms with Crippen LogP contribution in [-0.4, -0.2) is 65.7 Å². The quantitative estimate of drug-likeness (QED) is 0.861. The number of fused-ring (bicyclic) bond motifs is 4. The van der Waals surface area contributed by atoms with E-state index in [9.17, 15) is 4.79 Å². The zero-order chi connectivity index (χ0) is 18.5. The van der Waals surface area contributed by atoms with Gasteiger partial charge in [0.15, 0.2) is 0 Å². The Hall–Kier alpha value is -1.70. The first kappa shape index (κ1) is 16.1. The molecule has 2 bridgehead atoms. The summed E-state index contributed by atoms with van der Waals surface area (Å²) in [5, 5.41) is 4.30. The Morgan fingerprint density at radius 3 is 2.93 bits per heavy atom. The molecule has 1 aromatic carbocycles. The summed E-state index contributed by atoms with van der Waals surface area (Å²) >= 11 is 1.47. The van der Waals surface area contributed by atoms with Gasteiger partial charge in [0.25, 0.3) is 5.91 Å². The number of benzene rings is 1. The van der Waals surface area contributed by atoms with Gasteiger partial charge in [-0.25, -0.2) is 0 Å². The number of hydrogen-bond acceptors (Lipinski definition) is 6. The smallest absolute Gasteiger partial charge is 0.271 e. The molecule has 7 heteroatoms. The van der Waals surface area contributed by atoms with Gasteiger partial charge in [0.05, 0.1) is 28.6 Å². The SMILES string of the molecule is O=C(N[C@@H]1CN2CCC1CC2)c1nsc2c(N3C[C@H]4OC[C@@H]5CC543)cccc12. The van der Waals surface area contributed by atoms with Crippen molar-refractivity contribution >= 4 is 33.2 Å². The molecular weight excluding hydrogens is 372 g/mol. The van der Waals surface area contributed by atoms with Crippen LogP contribution in [0.25, 0.3) is 10.1 Å². The lowest BCUT2D eigenvalue weighted by atomic mass is 9.84. The van der Waals surface area contributed by atoms with Gasteiger partial charge < -0.3 is 19.9 Å². The molecule has 1 amide bonds. The molecule has 5 saturated heterocycles. The first-order valence-electron chi connectivity index (χ1n) is 10.5. The molecule has 146 valence electrons. The van der Waals surface area contributed by atoms with Gasteiger partial charge in [0.2, 0.25) is 0 Å². The molecule has 6 aliphatic rings. The van der Waals surface area contributed by atoms with E-state index in [1.807, 2.05) is 0 Å². The third kappa shape index (κ3) is 2.00. The second-order valence-electron chi connectivity index (χ2n) is 9.23. The van der Waals surface area contributed by atoms with Crippen molar-refractivity contribution in [3.63, 3.8) is 0 Å². The summed E-state index contributed by atoms with van der Waals surface area (Å²) in [5.41, 5.74) is 2.08. The van der Waals surface area contributed by atoms with Gasteiger partial charge >= 0.3 is 0 Å². The van der Waals surface area contributed by atoms with Crippen LogP contribution in [0.15, 0.2) is 18.2 Å². The molecule has 1 saturated carbocycles. The van der Waals surface area contributed by atoms with Gasteiger partial charge in [-0.3, -0.25) is 4.79 Å². The van der Waals surface area contributed by atoms with E-state index in [1.54, 1.807) is 0 Å². The van der Waals surface area contributed by atoms with Crippen molar-refractivity contribution in [2.24, 2.45) is 11.8 Å². The fraction of sp³-hybridized carbons (Fsp3) is 0.619. The number of anilines is 1. The minimum atomic E-state index is -0.00435. The summed E-state index contributed by atoms with van der Waals surface area (Å²) in [4.78, 5) is 18.1. The van der Waals surface area contributed by atoms with E-state index in [0.29, 0.717) is 23.6 Å². The molecule has 6 nitrogen and oxygen atoms in total. The fourth-order valence-corrected chi connectivity index (χ4v) is 7.16. The standard InChI is InChI=1S/C21H24N4O2S/c26-20(22-15-9-24-6-4-12(15)5-7-24)18-14-2-1-3-16(19(14)28-23-18)25-10-17-21(25)8-13(21)11-27-17/h1-3,12-13,15,17H,4-11H2,(H,22,26)/t13-,15+,17+,21?/m0/s1. The van der Waals surface area contributed by atoms with Crippen molar-refractivity contribution in [3.05, 3.63) is 23.9 Å². The summed E-state index contributed by atoms with van der Waals surface area (Å²) < 4.78 is 11.6. The third-order valence-corrected chi connectivity index (χ3v) is 8.87. The maximum Gasteiger partial charge on any atom is 0.271 e. The highest BCUT2D eigenvalue weighted by atomic mass is 32.1. The Bertz CT molecular complexity index is 984. The van der Waals surface area contributed by atoms with E-state index < -0.39 is 0 Å². The summed E-state index contributed by atoms with van der Waals surface area (Å²) in [6, 6.07) is 6.59. The van der Waals surface area contributed by atoms with E-state index in [0.717, 1.165) is 29.8 Å². The number of amides is 1. The number of rotatable bonds is 3. The number of nitrogens with one attached hydrogen (secondary N) is 1. The molecule has 1 N–H and O–H groups in total. The summed E-state index contributed by atoms with van der Waals surface area (Å²) in [7, 11) is 0. The number of hydrogen-bond donors (Lipinski definition) is 1. The maximum absolute atomic E-state index is 13.1. The number of carbonyl (C=O) groups is 1. The van der Waals surface area contributed by atoms with Crippen molar-refractivity contribution in [3.8, 4) is 0 Å². The lowest BCUT2D eigenvalue weighted by Gasteiger charge is -2.48. The topological polar surface area (TPSA) is 57.7 Å². The zero-order valence-electron chi connectivity index (χ0n) is 15.8. The number of ether oxygens (including phenoxy) is 1. The van der Waals surface area contributed by atoms with Crippen LogP contribution >= 0.6 is 11.5 Å². The monoisotopic (exact) mass is 396 g/mol. The van der Waals surface area contributed by atoms with Crippen LogP contribution in [0.3, 0.4) is 0 Å². The highest BCUT2D eigenvalue weighted by Gasteiger charge is 2.73. The first-order chi connectivity index (χ1) is 13.7. The van der Waals surface area contributed by atoms with Gasteiger partial charge in [0, 0.05) is 30.4 Å². The Morgan fingerprint density at radius 1 is 1.29 bits per heavy atom. The zero-order valence-corrected chi connectivity index (χ0v) is 16.6. The number of carbonyl (C=O) groups excluding carboxylic acids is 1. The van der Waals surface area contributed by atoms with E-state index in [1.165, 1.54) is 49.6 Å². The lowest BCUT2D eigenvalue weighted by Crippen LogP contribution is -2.62. The van der Waals surface area contributed by atoms with Crippen LogP contribution in [0.2, 0.25) is 0 Å². The van der Waals surface area contributed by atoms with Crippen LogP contribution < -0.4 is 10.2 Å². The molecule has 6 fully saturated rings. The molecular formula is C21H24N4O2S. The van der Waals surface area contributed by atoms with Crippen LogP contribution in [-0.2, 0) is 4.74 Å². The molecule has 1 aliphatic carbocycles. The fourth-order valence-electron chi connectivity index (χ4n) is 6.26. The molecule has 5 aliphatic heterocycles. The largest absolute Gasteiger partial charge is 0.374 e. The minimum absolute atomic E-state index is 0.00435. The molecule has 28 heavy (non-hydrogen) atoms. The molecule has 0 radical (unpaired) electrons. The number of piperidine rings is 3. The van der Waals surface area contributed by atoms with Gasteiger partial charge in [-0.15, -0.1) is 0 Å². The first-order valence-corrected chi connectivity index (χ1v) is 11.3. The molecule has 1 unspecified atom stereocenters. The van der Waals surface area contributed by atoms with Crippen LogP contribution in [0, 0.1) is 11.8 Å². The lowest BCUT2D eigenvalue weighted by molar-refractivity contribution is 0.0414. The van der Waals surface area contributed by atoms with Gasteiger partial charge in [-0.2, -0.15) is 4.37 Å². The second-order valence-corrected chi connectivity index (χ2v) is 10.0. The van der Waals surface area contributed by atoms with Gasteiger partial charge in [-0.1, -0.05) is 12.1 Å². The average Bonchev–Trinajstić information content (AvgIpc) is 3.22. The second kappa shape index (κ2) is 5.46. The Labute approximate surface area is 168 Å². The Kier molecular flexibility index (Phi) is 3.15. The number of aromatic nitrogens is 1. The van der Waals surface area contributed by atoms with E-state index in [4.69, 9.17) is 4.74 Å². The Balaban J connectivity index is 1.18. The van der Waals surface area contributed by atoms with Gasteiger partial charge in [-0.05, 0) is 55.9 Å². The van der Waals surface area contributed by atoms with E-state index in [2.05, 4.69) is 37.7 Å². The van der Waals surface area contributed by atoms with Crippen LogP contribution in [0.1, 0.15) is 29.8 Å². The van der Waals surface area contributed by atoms with Crippen molar-refractivity contribution in [1.82, 2.24) is 14.6 Å². The maximum atomic E-state index is 13.1. The van der Waals surface area contributed by atoms with Crippen LogP contribution in [0.5, 0.6) is 0 Å². The van der Waals surface area contributed by atoms with E-state index >= 15 is 0 Å². The summed E-state index contributed by atoms with van der Waals surface area (Å²) in [6.07, 6.45) is 4.06. The molecule has 1 aromatic heterocycles. The summed E-state index contributed by atoms with van der Waals surface area (Å²) in [6.45, 7) is 5.23. The minimum Gasteiger partial charge on any atom is -0.374 e. The van der Waals surface area contributed by atoms with Crippen molar-refractivity contribution in [1.29, 1.82) is 0 Å². The molecule has 6 heterocycles. The highest BCUT2D eigenvalue weighted by Crippen LogP contribution is 2.63. The highest BCUT2D eigenvalue weighted by molar-refractivity contribution is 7.14. The van der Waals surface area contributed by atoms with Crippen molar-refractivity contribution < 1.29 is 9.53 Å². The molecule has 8 rings (SSSR count). The predicted molar refractivity (Wildman–Crippen MR) is 108 cm³/mol. The van der Waals surface area contributed by atoms with E-state index in [-0.39, 0.29) is 17.5 Å².